The molecule has 2 nitrogen and oxygen atoms in total. The lowest BCUT2D eigenvalue weighted by atomic mass is 9.34. The van der Waals surface area contributed by atoms with E-state index in [0.717, 1.165) is 22.9 Å². The van der Waals surface area contributed by atoms with E-state index in [9.17, 15) is 0 Å². The van der Waals surface area contributed by atoms with Crippen LogP contribution in [0.2, 0.25) is 0 Å². The molecule has 0 aliphatic carbocycles. The summed E-state index contributed by atoms with van der Waals surface area (Å²) in [5.74, 6) is 1.83. The molecular weight excluding hydrogens is 545 g/mol. The number of benzene rings is 7. The van der Waals surface area contributed by atoms with Crippen molar-refractivity contribution in [3.63, 3.8) is 0 Å². The van der Waals surface area contributed by atoms with Gasteiger partial charge in [0.25, 0.3) is 6.71 Å². The first-order chi connectivity index (χ1) is 22.3. The van der Waals surface area contributed by atoms with Crippen molar-refractivity contribution < 1.29 is 4.74 Å². The van der Waals surface area contributed by atoms with Gasteiger partial charge in [-0.15, -0.1) is 0 Å². The van der Waals surface area contributed by atoms with Crippen molar-refractivity contribution in [2.75, 3.05) is 4.90 Å². The lowest BCUT2D eigenvalue weighted by Gasteiger charge is -2.41. The molecule has 0 amide bonds. The highest BCUT2D eigenvalue weighted by Crippen LogP contribution is 2.45. The molecule has 0 saturated carbocycles. The van der Waals surface area contributed by atoms with Gasteiger partial charge < -0.3 is 9.64 Å². The van der Waals surface area contributed by atoms with Crippen molar-refractivity contribution in [1.29, 1.82) is 0 Å². The minimum atomic E-state index is 0.0311. The number of hydrogen-bond donors (Lipinski definition) is 0. The highest BCUT2D eigenvalue weighted by Gasteiger charge is 2.42. The van der Waals surface area contributed by atoms with E-state index in [2.05, 4.69) is 175 Å². The van der Waals surface area contributed by atoms with Crippen LogP contribution in [0.4, 0.5) is 17.1 Å². The molecule has 45 heavy (non-hydrogen) atoms. The van der Waals surface area contributed by atoms with Gasteiger partial charge in [0, 0.05) is 16.9 Å². The molecule has 0 spiro atoms. The minimum absolute atomic E-state index is 0.0311. The minimum Gasteiger partial charge on any atom is -0.458 e. The van der Waals surface area contributed by atoms with Crippen LogP contribution in [-0.4, -0.2) is 6.71 Å². The Kier molecular flexibility index (Phi) is 5.95. The van der Waals surface area contributed by atoms with E-state index in [4.69, 9.17) is 4.74 Å². The number of hydrogen-bond acceptors (Lipinski definition) is 2. The van der Waals surface area contributed by atoms with Gasteiger partial charge in [-0.2, -0.15) is 0 Å². The molecule has 2 heterocycles. The lowest BCUT2D eigenvalue weighted by molar-refractivity contribution is 0.487. The first-order valence-electron chi connectivity index (χ1n) is 15.5. The molecule has 9 rings (SSSR count). The zero-order valence-corrected chi connectivity index (χ0v) is 24.6. The molecule has 3 heteroatoms. The molecule has 0 N–H and O–H groups in total. The Bertz CT molecular complexity index is 2190. The third-order valence-electron chi connectivity index (χ3n) is 9.14. The molecule has 0 aromatic heterocycles. The second kappa shape index (κ2) is 10.4. The summed E-state index contributed by atoms with van der Waals surface area (Å²) in [6, 6.07) is 60.8. The fourth-order valence-electron chi connectivity index (χ4n) is 7.09. The van der Waals surface area contributed by atoms with Gasteiger partial charge in [-0.25, -0.2) is 0 Å². The van der Waals surface area contributed by atoms with E-state index in [0.29, 0.717) is 0 Å². The Balaban J connectivity index is 1.32. The van der Waals surface area contributed by atoms with Crippen molar-refractivity contribution in [2.24, 2.45) is 0 Å². The first-order valence-corrected chi connectivity index (χ1v) is 15.5. The van der Waals surface area contributed by atoms with Crippen LogP contribution in [-0.2, 0) is 0 Å². The average molecular weight is 574 g/mol. The Morgan fingerprint density at radius 1 is 0.378 bits per heavy atom. The summed E-state index contributed by atoms with van der Waals surface area (Å²) in [6.45, 7) is 0.0311. The fourth-order valence-corrected chi connectivity index (χ4v) is 7.09. The predicted molar refractivity (Wildman–Crippen MR) is 189 cm³/mol. The van der Waals surface area contributed by atoms with Crippen molar-refractivity contribution in [1.82, 2.24) is 0 Å². The number of para-hydroxylation sites is 1. The largest absolute Gasteiger partial charge is 0.458 e. The molecule has 2 aliphatic heterocycles. The zero-order valence-electron chi connectivity index (χ0n) is 24.6. The summed E-state index contributed by atoms with van der Waals surface area (Å²) in [4.78, 5) is 2.45. The second-order valence-corrected chi connectivity index (χ2v) is 11.7. The maximum absolute atomic E-state index is 6.70. The van der Waals surface area contributed by atoms with Crippen LogP contribution < -0.4 is 26.0 Å². The van der Waals surface area contributed by atoms with Gasteiger partial charge in [-0.1, -0.05) is 140 Å². The Morgan fingerprint density at radius 2 is 0.978 bits per heavy atom. The van der Waals surface area contributed by atoms with Gasteiger partial charge in [-0.05, 0) is 74.5 Å². The quantitative estimate of drug-likeness (QED) is 0.195. The summed E-state index contributed by atoms with van der Waals surface area (Å²) in [6.07, 6.45) is 0. The van der Waals surface area contributed by atoms with Crippen LogP contribution in [0.3, 0.4) is 0 Å². The molecule has 0 bridgehead atoms. The lowest BCUT2D eigenvalue weighted by Crippen LogP contribution is -2.59. The molecule has 0 radical (unpaired) electrons. The van der Waals surface area contributed by atoms with Crippen LogP contribution in [0.5, 0.6) is 11.5 Å². The highest BCUT2D eigenvalue weighted by molar-refractivity contribution is 6.99. The van der Waals surface area contributed by atoms with E-state index in [-0.39, 0.29) is 6.71 Å². The van der Waals surface area contributed by atoms with Crippen LogP contribution in [0.1, 0.15) is 0 Å². The second-order valence-electron chi connectivity index (χ2n) is 11.7. The van der Waals surface area contributed by atoms with Crippen molar-refractivity contribution in [3.05, 3.63) is 170 Å². The summed E-state index contributed by atoms with van der Waals surface area (Å²) >= 11 is 0. The fraction of sp³-hybridized carbons (Fsp3) is 0. The van der Waals surface area contributed by atoms with Gasteiger partial charge in [-0.3, -0.25) is 0 Å². The van der Waals surface area contributed by atoms with Crippen molar-refractivity contribution >= 4 is 40.2 Å². The first kappa shape index (κ1) is 25.7. The molecule has 0 saturated heterocycles. The normalized spacial score (nSPS) is 12.5. The van der Waals surface area contributed by atoms with Crippen LogP contribution in [0.15, 0.2) is 170 Å². The summed E-state index contributed by atoms with van der Waals surface area (Å²) in [5, 5.41) is 0. The highest BCUT2D eigenvalue weighted by atomic mass is 16.5. The Hall–Kier alpha value is -5.80. The number of fused-ring (bicyclic) bond motifs is 4. The average Bonchev–Trinajstić information content (AvgIpc) is 3.12. The van der Waals surface area contributed by atoms with Crippen molar-refractivity contribution in [2.45, 2.75) is 0 Å². The molecular formula is C42H28BNO. The molecule has 7 aromatic carbocycles. The maximum atomic E-state index is 6.70. The Labute approximate surface area is 263 Å². The molecule has 0 fully saturated rings. The molecule has 2 aliphatic rings. The van der Waals surface area contributed by atoms with Crippen molar-refractivity contribution in [3.8, 4) is 44.9 Å². The third-order valence-corrected chi connectivity index (χ3v) is 9.14. The van der Waals surface area contributed by atoms with Crippen LogP contribution in [0, 0.1) is 0 Å². The van der Waals surface area contributed by atoms with Gasteiger partial charge in [0.05, 0.1) is 5.69 Å². The van der Waals surface area contributed by atoms with Gasteiger partial charge in [0.1, 0.15) is 11.5 Å². The summed E-state index contributed by atoms with van der Waals surface area (Å²) < 4.78 is 6.70. The standard InChI is InChI=1S/C42H28BNO/c1-4-13-29(14-5-1)32-24-26-40-36(27-32)43-35-25-23-33(30-15-6-2-7-16-30)28-39(35)44(38-21-12-22-41(45-40)42(38)43)37-20-11-10-19-34(37)31-17-8-3-9-18-31/h1-28H. The SMILES string of the molecule is c1ccc(-c2ccc3c(c2)B2c4ccc(-c5ccccc5)cc4N(c4ccccc4-c4ccccc4)c4cccc(c42)O3)cc1. The molecule has 0 atom stereocenters. The summed E-state index contributed by atoms with van der Waals surface area (Å²) in [5.41, 5.74) is 14.3. The van der Waals surface area contributed by atoms with E-state index in [1.54, 1.807) is 0 Å². The smallest absolute Gasteiger partial charge is 0.256 e. The monoisotopic (exact) mass is 573 g/mol. The summed E-state index contributed by atoms with van der Waals surface area (Å²) in [7, 11) is 0. The molecule has 210 valence electrons. The predicted octanol–water partition coefficient (Wildman–Crippen LogP) is 9.09. The number of ether oxygens (including phenoxy) is 1. The van der Waals surface area contributed by atoms with Gasteiger partial charge in [0.2, 0.25) is 0 Å². The van der Waals surface area contributed by atoms with Crippen LogP contribution in [0.25, 0.3) is 33.4 Å². The third kappa shape index (κ3) is 4.20. The zero-order chi connectivity index (χ0) is 29.7. The van der Waals surface area contributed by atoms with Gasteiger partial charge in [0.15, 0.2) is 0 Å². The van der Waals surface area contributed by atoms with E-state index in [1.165, 1.54) is 55.5 Å². The Morgan fingerprint density at radius 3 is 1.71 bits per heavy atom. The molecule has 7 aromatic rings. The number of rotatable bonds is 4. The van der Waals surface area contributed by atoms with Crippen LogP contribution >= 0.6 is 0 Å². The van der Waals surface area contributed by atoms with Gasteiger partial charge >= 0.3 is 0 Å². The topological polar surface area (TPSA) is 12.5 Å². The van der Waals surface area contributed by atoms with E-state index in [1.807, 2.05) is 0 Å². The number of anilines is 3. The molecule has 0 unspecified atom stereocenters. The van der Waals surface area contributed by atoms with E-state index >= 15 is 0 Å². The van der Waals surface area contributed by atoms with E-state index < -0.39 is 0 Å². The number of nitrogens with zero attached hydrogens (tertiary/aromatic N) is 1. The maximum Gasteiger partial charge on any atom is 0.256 e.